The molecule has 1 unspecified atom stereocenters. The molecule has 2 aromatic carbocycles. The lowest BCUT2D eigenvalue weighted by molar-refractivity contribution is -0.132. The van der Waals surface area contributed by atoms with Crippen molar-refractivity contribution in [1.29, 1.82) is 5.26 Å². The molecule has 2 heterocycles. The van der Waals surface area contributed by atoms with Gasteiger partial charge < -0.3 is 10.2 Å². The summed E-state index contributed by atoms with van der Waals surface area (Å²) >= 11 is 1.41. The predicted octanol–water partition coefficient (Wildman–Crippen LogP) is 3.08. The first-order valence-corrected chi connectivity index (χ1v) is 11.4. The van der Waals surface area contributed by atoms with Crippen LogP contribution in [0.25, 0.3) is 5.69 Å². The van der Waals surface area contributed by atoms with Crippen molar-refractivity contribution >= 4 is 35.0 Å². The topological polar surface area (TPSA) is 108 Å². The summed E-state index contributed by atoms with van der Waals surface area (Å²) in [6.07, 6.45) is 0. The van der Waals surface area contributed by atoms with Crippen LogP contribution in [0.1, 0.15) is 27.3 Å². The fourth-order valence-electron chi connectivity index (χ4n) is 3.74. The third kappa shape index (κ3) is 4.38. The molecule has 0 radical (unpaired) electrons. The van der Waals surface area contributed by atoms with Crippen molar-refractivity contribution in [2.45, 2.75) is 19.9 Å². The number of aromatic nitrogens is 2. The third-order valence-corrected chi connectivity index (χ3v) is 6.45. The Bertz CT molecular complexity index is 1260. The number of nitrogens with one attached hydrogen (secondary N) is 1. The van der Waals surface area contributed by atoms with Crippen LogP contribution < -0.4 is 5.32 Å². The normalized spacial score (nSPS) is 15.2. The van der Waals surface area contributed by atoms with Gasteiger partial charge in [0.2, 0.25) is 5.91 Å². The second-order valence-electron chi connectivity index (χ2n) is 7.59. The average Bonchev–Trinajstić information content (AvgIpc) is 3.44. The van der Waals surface area contributed by atoms with E-state index in [4.69, 9.17) is 5.26 Å². The van der Waals surface area contributed by atoms with Crippen molar-refractivity contribution < 1.29 is 14.4 Å². The molecule has 1 N–H and O–H groups in total. The molecule has 0 saturated carbocycles. The van der Waals surface area contributed by atoms with E-state index in [9.17, 15) is 14.4 Å². The highest BCUT2D eigenvalue weighted by Crippen LogP contribution is 2.25. The number of anilines is 1. The molecule has 1 atom stereocenters. The number of nitrogens with zero attached hydrogens (tertiary/aromatic N) is 4. The maximum absolute atomic E-state index is 13.2. The molecule has 1 aromatic heterocycles. The zero-order chi connectivity index (χ0) is 23.5. The Labute approximate surface area is 195 Å². The Morgan fingerprint density at radius 2 is 1.79 bits per heavy atom. The van der Waals surface area contributed by atoms with Gasteiger partial charge in [-0.15, -0.1) is 11.8 Å². The van der Waals surface area contributed by atoms with E-state index in [0.717, 1.165) is 5.69 Å². The summed E-state index contributed by atoms with van der Waals surface area (Å²) in [5.74, 6) is -1.13. The second kappa shape index (κ2) is 9.30. The Morgan fingerprint density at radius 1 is 1.09 bits per heavy atom. The molecule has 1 fully saturated rings. The summed E-state index contributed by atoms with van der Waals surface area (Å²) in [5.41, 5.74) is 3.08. The van der Waals surface area contributed by atoms with E-state index in [1.807, 2.05) is 36.4 Å². The molecule has 0 aliphatic carbocycles. The number of ketones is 1. The van der Waals surface area contributed by atoms with Crippen molar-refractivity contribution in [3.8, 4) is 11.8 Å². The number of rotatable bonds is 5. The number of hydrogen-bond acceptors (Lipinski definition) is 6. The van der Waals surface area contributed by atoms with Crippen LogP contribution >= 0.6 is 11.8 Å². The smallest absolute Gasteiger partial charge is 0.296 e. The number of nitriles is 1. The molecule has 1 saturated heterocycles. The van der Waals surface area contributed by atoms with E-state index in [2.05, 4.69) is 10.4 Å². The number of Topliss-reactive ketones (excluding diaryl/α,β-unsaturated/α-hetero) is 1. The summed E-state index contributed by atoms with van der Waals surface area (Å²) in [6.45, 7) is 3.45. The van der Waals surface area contributed by atoms with Crippen LogP contribution in [0.5, 0.6) is 0 Å². The van der Waals surface area contributed by atoms with E-state index in [1.165, 1.54) is 16.7 Å². The van der Waals surface area contributed by atoms with Crippen LogP contribution in [0.3, 0.4) is 0 Å². The molecule has 3 aromatic rings. The van der Waals surface area contributed by atoms with Gasteiger partial charge in [-0.05, 0) is 50.2 Å². The monoisotopic (exact) mass is 459 g/mol. The van der Waals surface area contributed by atoms with E-state index in [1.54, 1.807) is 42.8 Å². The van der Waals surface area contributed by atoms with Crippen molar-refractivity contribution in [2.24, 2.45) is 0 Å². The van der Waals surface area contributed by atoms with E-state index in [-0.39, 0.29) is 17.3 Å². The van der Waals surface area contributed by atoms with Crippen molar-refractivity contribution in [3.63, 3.8) is 0 Å². The standard InChI is InChI=1S/C24H21N5O3S/c1-15-21(16(2)29(27-15)19-6-4-3-5-7-19)22(30)24(32)28-14-33-13-20(28)23(31)26-18-10-8-17(12-25)9-11-18/h3-11,20H,13-14H2,1-2H3,(H,26,31). The van der Waals surface area contributed by atoms with Crippen LogP contribution in [0, 0.1) is 25.2 Å². The number of thioether (sulfide) groups is 1. The van der Waals surface area contributed by atoms with Crippen LogP contribution in [-0.4, -0.2) is 49.9 Å². The van der Waals surface area contributed by atoms with Crippen LogP contribution in [0.2, 0.25) is 0 Å². The maximum atomic E-state index is 13.2. The lowest BCUT2D eigenvalue weighted by Gasteiger charge is -2.22. The van der Waals surface area contributed by atoms with Gasteiger partial charge in [-0.3, -0.25) is 14.4 Å². The molecule has 0 spiro atoms. The first kappa shape index (κ1) is 22.3. The fourth-order valence-corrected chi connectivity index (χ4v) is 4.90. The average molecular weight is 460 g/mol. The van der Waals surface area contributed by atoms with Gasteiger partial charge in [0.1, 0.15) is 6.04 Å². The zero-order valence-electron chi connectivity index (χ0n) is 18.1. The van der Waals surface area contributed by atoms with Gasteiger partial charge in [0.05, 0.1) is 40.1 Å². The highest BCUT2D eigenvalue weighted by atomic mass is 32.2. The largest absolute Gasteiger partial charge is 0.324 e. The van der Waals surface area contributed by atoms with Crippen LogP contribution in [0.15, 0.2) is 54.6 Å². The quantitative estimate of drug-likeness (QED) is 0.464. The minimum atomic E-state index is -0.771. The molecule has 4 rings (SSSR count). The van der Waals surface area contributed by atoms with Gasteiger partial charge in [-0.1, -0.05) is 18.2 Å². The number of aryl methyl sites for hydroxylation is 1. The van der Waals surface area contributed by atoms with Gasteiger partial charge in [0.25, 0.3) is 11.7 Å². The molecule has 1 aliphatic rings. The minimum Gasteiger partial charge on any atom is -0.324 e. The Hall–Kier alpha value is -3.90. The molecule has 33 heavy (non-hydrogen) atoms. The van der Waals surface area contributed by atoms with Gasteiger partial charge in [-0.2, -0.15) is 10.4 Å². The predicted molar refractivity (Wildman–Crippen MR) is 125 cm³/mol. The number of carbonyl (C=O) groups is 3. The Kier molecular flexibility index (Phi) is 6.29. The number of para-hydroxylation sites is 1. The lowest BCUT2D eigenvalue weighted by atomic mass is 10.1. The van der Waals surface area contributed by atoms with Gasteiger partial charge in [0, 0.05) is 11.4 Å². The summed E-state index contributed by atoms with van der Waals surface area (Å²) in [7, 11) is 0. The lowest BCUT2D eigenvalue weighted by Crippen LogP contribution is -2.47. The molecular formula is C24H21N5O3S. The van der Waals surface area contributed by atoms with Crippen molar-refractivity contribution in [3.05, 3.63) is 77.1 Å². The molecule has 2 amide bonds. The van der Waals surface area contributed by atoms with E-state index < -0.39 is 17.7 Å². The SMILES string of the molecule is Cc1nn(-c2ccccc2)c(C)c1C(=O)C(=O)N1CSCC1C(=O)Nc1ccc(C#N)cc1. The molecule has 0 bridgehead atoms. The van der Waals surface area contributed by atoms with Gasteiger partial charge >= 0.3 is 0 Å². The van der Waals surface area contributed by atoms with Crippen LogP contribution in [0.4, 0.5) is 5.69 Å². The summed E-state index contributed by atoms with van der Waals surface area (Å²) in [4.78, 5) is 40.5. The van der Waals surface area contributed by atoms with Crippen LogP contribution in [-0.2, 0) is 9.59 Å². The maximum Gasteiger partial charge on any atom is 0.296 e. The van der Waals surface area contributed by atoms with Gasteiger partial charge in [-0.25, -0.2) is 4.68 Å². The fraction of sp³-hybridized carbons (Fsp3) is 0.208. The Balaban J connectivity index is 1.53. The molecule has 166 valence electrons. The summed E-state index contributed by atoms with van der Waals surface area (Å²) < 4.78 is 1.64. The number of hydrogen-bond donors (Lipinski definition) is 1. The van der Waals surface area contributed by atoms with Crippen molar-refractivity contribution in [2.75, 3.05) is 16.9 Å². The minimum absolute atomic E-state index is 0.251. The van der Waals surface area contributed by atoms with E-state index in [0.29, 0.717) is 28.4 Å². The number of amides is 2. The van der Waals surface area contributed by atoms with E-state index >= 15 is 0 Å². The molecule has 9 heteroatoms. The van der Waals surface area contributed by atoms with Crippen molar-refractivity contribution in [1.82, 2.24) is 14.7 Å². The highest BCUT2D eigenvalue weighted by Gasteiger charge is 2.39. The Morgan fingerprint density at radius 3 is 2.45 bits per heavy atom. The summed E-state index contributed by atoms with van der Waals surface area (Å²) in [5, 5.41) is 16.1. The zero-order valence-corrected chi connectivity index (χ0v) is 18.9. The first-order valence-electron chi connectivity index (χ1n) is 10.3. The number of benzene rings is 2. The first-order chi connectivity index (χ1) is 15.9. The third-order valence-electron chi connectivity index (χ3n) is 5.44. The number of carbonyl (C=O) groups excluding carboxylic acids is 3. The molecule has 8 nitrogen and oxygen atoms in total. The van der Waals surface area contributed by atoms with Gasteiger partial charge in [0.15, 0.2) is 0 Å². The molecule has 1 aliphatic heterocycles. The molecular weight excluding hydrogens is 438 g/mol. The second-order valence-corrected chi connectivity index (χ2v) is 8.59. The highest BCUT2D eigenvalue weighted by molar-refractivity contribution is 7.99. The summed E-state index contributed by atoms with van der Waals surface area (Å²) in [6, 6.07) is 17.1.